The number of aromatic nitrogens is 2. The first-order valence-electron chi connectivity index (χ1n) is 10.1. The van der Waals surface area contributed by atoms with Gasteiger partial charge in [0.05, 0.1) is 5.25 Å². The maximum atomic E-state index is 13.0. The van der Waals surface area contributed by atoms with Crippen LogP contribution >= 0.6 is 11.8 Å². The number of carbonyl (C=O) groups excluding carboxylic acids is 2. The molecule has 0 fully saturated rings. The number of benzene rings is 2. The number of hydrogen-bond acceptors (Lipinski definition) is 7. The summed E-state index contributed by atoms with van der Waals surface area (Å²) in [5.74, 6) is 0.0560. The highest BCUT2D eigenvalue weighted by atomic mass is 32.2. The maximum Gasteiger partial charge on any atom is 0.277 e. The van der Waals surface area contributed by atoms with E-state index in [-0.39, 0.29) is 34.5 Å². The van der Waals surface area contributed by atoms with Crippen LogP contribution in [0.15, 0.2) is 58.2 Å². The molecule has 0 aliphatic rings. The van der Waals surface area contributed by atoms with Crippen LogP contribution in [-0.4, -0.2) is 27.1 Å². The van der Waals surface area contributed by atoms with Crippen molar-refractivity contribution in [2.45, 2.75) is 44.3 Å². The van der Waals surface area contributed by atoms with Crippen molar-refractivity contribution in [1.29, 1.82) is 0 Å². The van der Waals surface area contributed by atoms with Crippen molar-refractivity contribution in [3.8, 4) is 5.75 Å². The van der Waals surface area contributed by atoms with Crippen LogP contribution in [0.5, 0.6) is 5.75 Å². The SMILES string of the molecule is CC(C)C(=O)Nc1ccc(C(=O)[C@@H](C)Sc2nnc([C@@H](C)Oc3ccc(F)cc3)o2)cc1. The van der Waals surface area contributed by atoms with Gasteiger partial charge >= 0.3 is 0 Å². The Morgan fingerprint density at radius 3 is 2.28 bits per heavy atom. The zero-order chi connectivity index (χ0) is 23.3. The summed E-state index contributed by atoms with van der Waals surface area (Å²) in [6.07, 6.45) is -0.540. The van der Waals surface area contributed by atoms with Gasteiger partial charge in [-0.05, 0) is 62.4 Å². The van der Waals surface area contributed by atoms with Gasteiger partial charge in [-0.25, -0.2) is 4.39 Å². The van der Waals surface area contributed by atoms with Gasteiger partial charge in [-0.2, -0.15) is 0 Å². The van der Waals surface area contributed by atoms with E-state index in [1.807, 2.05) is 13.8 Å². The molecule has 168 valence electrons. The minimum atomic E-state index is -0.540. The smallest absolute Gasteiger partial charge is 0.277 e. The minimum Gasteiger partial charge on any atom is -0.481 e. The van der Waals surface area contributed by atoms with E-state index in [1.54, 1.807) is 38.1 Å². The van der Waals surface area contributed by atoms with E-state index in [0.717, 1.165) is 11.8 Å². The molecule has 0 aliphatic carbocycles. The molecule has 3 aromatic rings. The van der Waals surface area contributed by atoms with Gasteiger partial charge in [0.2, 0.25) is 5.91 Å². The molecule has 9 heteroatoms. The predicted molar refractivity (Wildman–Crippen MR) is 119 cm³/mol. The van der Waals surface area contributed by atoms with Crippen LogP contribution in [0.2, 0.25) is 0 Å². The summed E-state index contributed by atoms with van der Waals surface area (Å²) in [4.78, 5) is 24.5. The number of nitrogens with one attached hydrogen (secondary N) is 1. The zero-order valence-electron chi connectivity index (χ0n) is 18.2. The first-order chi connectivity index (χ1) is 15.2. The fourth-order valence-electron chi connectivity index (χ4n) is 2.64. The second-order valence-electron chi connectivity index (χ2n) is 7.47. The standard InChI is InChI=1S/C23H24FN3O4S/c1-13(2)21(29)25-18-9-5-16(6-10-18)20(28)15(4)32-23-27-26-22(31-23)14(3)30-19-11-7-17(24)8-12-19/h5-15H,1-4H3,(H,25,29)/t14-,15-/m1/s1. The Morgan fingerprint density at radius 2 is 1.66 bits per heavy atom. The summed E-state index contributed by atoms with van der Waals surface area (Å²) in [5.41, 5.74) is 1.15. The average molecular weight is 458 g/mol. The van der Waals surface area contributed by atoms with Crippen LogP contribution in [0, 0.1) is 11.7 Å². The van der Waals surface area contributed by atoms with Gasteiger partial charge in [0.25, 0.3) is 11.1 Å². The Kier molecular flexibility index (Phi) is 7.63. The van der Waals surface area contributed by atoms with Crippen LogP contribution in [0.4, 0.5) is 10.1 Å². The Morgan fingerprint density at radius 1 is 1.00 bits per heavy atom. The summed E-state index contributed by atoms with van der Waals surface area (Å²) in [7, 11) is 0. The zero-order valence-corrected chi connectivity index (χ0v) is 19.0. The third-order valence-corrected chi connectivity index (χ3v) is 5.44. The topological polar surface area (TPSA) is 94.3 Å². The van der Waals surface area contributed by atoms with E-state index in [9.17, 15) is 14.0 Å². The van der Waals surface area contributed by atoms with Crippen molar-refractivity contribution in [2.75, 3.05) is 5.32 Å². The third-order valence-electron chi connectivity index (χ3n) is 4.50. The molecule has 0 saturated carbocycles. The van der Waals surface area contributed by atoms with Gasteiger partial charge in [0.15, 0.2) is 11.9 Å². The summed E-state index contributed by atoms with van der Waals surface area (Å²) in [5, 5.41) is 10.5. The van der Waals surface area contributed by atoms with E-state index >= 15 is 0 Å². The van der Waals surface area contributed by atoms with Crippen molar-refractivity contribution in [1.82, 2.24) is 10.2 Å². The summed E-state index contributed by atoms with van der Waals surface area (Å²) in [6.45, 7) is 7.11. The number of amides is 1. The Bertz CT molecular complexity index is 1070. The molecule has 0 unspecified atom stereocenters. The van der Waals surface area contributed by atoms with Crippen LogP contribution < -0.4 is 10.1 Å². The van der Waals surface area contributed by atoms with Gasteiger partial charge in [0.1, 0.15) is 11.6 Å². The molecule has 1 N–H and O–H groups in total. The number of thioether (sulfide) groups is 1. The Hall–Kier alpha value is -3.20. The molecule has 0 aliphatic heterocycles. The molecule has 0 bridgehead atoms. The molecule has 0 saturated heterocycles. The quantitative estimate of drug-likeness (QED) is 0.344. The second-order valence-corrected chi connectivity index (χ2v) is 8.76. The maximum absolute atomic E-state index is 13.0. The molecule has 1 aromatic heterocycles. The molecule has 1 amide bonds. The largest absolute Gasteiger partial charge is 0.481 e. The minimum absolute atomic E-state index is 0.0853. The van der Waals surface area contributed by atoms with Gasteiger partial charge < -0.3 is 14.5 Å². The van der Waals surface area contributed by atoms with E-state index in [4.69, 9.17) is 9.15 Å². The fourth-order valence-corrected chi connectivity index (χ4v) is 3.41. The first kappa shape index (κ1) is 23.5. The number of carbonyl (C=O) groups is 2. The highest BCUT2D eigenvalue weighted by Crippen LogP contribution is 2.28. The summed E-state index contributed by atoms with van der Waals surface area (Å²) < 4.78 is 24.3. The lowest BCUT2D eigenvalue weighted by molar-refractivity contribution is -0.118. The van der Waals surface area contributed by atoms with E-state index < -0.39 is 11.4 Å². The fraction of sp³-hybridized carbons (Fsp3) is 0.304. The number of halogens is 1. The Balaban J connectivity index is 1.58. The normalized spacial score (nSPS) is 12.9. The highest BCUT2D eigenvalue weighted by molar-refractivity contribution is 8.00. The second kappa shape index (κ2) is 10.4. The van der Waals surface area contributed by atoms with Gasteiger partial charge in [0, 0.05) is 17.2 Å². The molecular weight excluding hydrogens is 433 g/mol. The molecule has 7 nitrogen and oxygen atoms in total. The van der Waals surface area contributed by atoms with Crippen LogP contribution in [0.1, 0.15) is 50.0 Å². The van der Waals surface area contributed by atoms with Crippen molar-refractivity contribution in [3.05, 3.63) is 65.8 Å². The first-order valence-corrected chi connectivity index (χ1v) is 11.0. The van der Waals surface area contributed by atoms with Crippen molar-refractivity contribution in [3.63, 3.8) is 0 Å². The lowest BCUT2D eigenvalue weighted by Crippen LogP contribution is -2.18. The lowest BCUT2D eigenvalue weighted by atomic mass is 10.1. The number of nitrogens with zero attached hydrogens (tertiary/aromatic N) is 2. The molecule has 3 rings (SSSR count). The molecule has 32 heavy (non-hydrogen) atoms. The monoisotopic (exact) mass is 457 g/mol. The van der Waals surface area contributed by atoms with Crippen LogP contribution in [0.3, 0.4) is 0 Å². The highest BCUT2D eigenvalue weighted by Gasteiger charge is 2.22. The molecule has 2 atom stereocenters. The van der Waals surface area contributed by atoms with E-state index in [1.165, 1.54) is 24.3 Å². The van der Waals surface area contributed by atoms with Crippen molar-refractivity contribution in [2.24, 2.45) is 5.92 Å². The number of ketones is 1. The van der Waals surface area contributed by atoms with Crippen molar-refractivity contribution < 1.29 is 23.1 Å². The van der Waals surface area contributed by atoms with Crippen LogP contribution in [0.25, 0.3) is 0 Å². The molecule has 0 radical (unpaired) electrons. The van der Waals surface area contributed by atoms with Crippen molar-refractivity contribution >= 4 is 29.1 Å². The lowest BCUT2D eigenvalue weighted by Gasteiger charge is -2.11. The number of rotatable bonds is 9. The van der Waals surface area contributed by atoms with E-state index in [2.05, 4.69) is 15.5 Å². The molecule has 2 aromatic carbocycles. The summed E-state index contributed by atoms with van der Waals surface area (Å²) >= 11 is 1.15. The average Bonchev–Trinajstić information content (AvgIpc) is 3.24. The van der Waals surface area contributed by atoms with Gasteiger partial charge in [-0.3, -0.25) is 9.59 Å². The van der Waals surface area contributed by atoms with E-state index in [0.29, 0.717) is 17.0 Å². The van der Waals surface area contributed by atoms with Gasteiger partial charge in [-0.1, -0.05) is 25.6 Å². The number of ether oxygens (including phenoxy) is 1. The summed E-state index contributed by atoms with van der Waals surface area (Å²) in [6, 6.07) is 12.4. The molecule has 1 heterocycles. The number of Topliss-reactive ketones (excluding diaryl/α,β-unsaturated/α-hetero) is 1. The Labute approximate surface area is 189 Å². The predicted octanol–water partition coefficient (Wildman–Crippen LogP) is 5.31. The molecule has 0 spiro atoms. The molecular formula is C23H24FN3O4S. The third kappa shape index (κ3) is 6.16. The number of anilines is 1. The van der Waals surface area contributed by atoms with Gasteiger partial charge in [-0.15, -0.1) is 10.2 Å². The number of hydrogen-bond donors (Lipinski definition) is 1. The van der Waals surface area contributed by atoms with Crippen LogP contribution in [-0.2, 0) is 4.79 Å².